The Bertz CT molecular complexity index is 610. The van der Waals surface area contributed by atoms with E-state index < -0.39 is 0 Å². The Hall–Kier alpha value is -1.36. The number of H-pyrrole nitrogens is 1. The molecule has 0 aliphatic carbocycles. The van der Waals surface area contributed by atoms with Gasteiger partial charge in [-0.1, -0.05) is 18.2 Å². The van der Waals surface area contributed by atoms with Crippen LogP contribution in [0.4, 0.5) is 0 Å². The predicted molar refractivity (Wildman–Crippen MR) is 87.0 cm³/mol. The van der Waals surface area contributed by atoms with Crippen LogP contribution in [0.3, 0.4) is 0 Å². The summed E-state index contributed by atoms with van der Waals surface area (Å²) in [5.74, 6) is 0.683. The molecule has 2 fully saturated rings. The van der Waals surface area contributed by atoms with Gasteiger partial charge in [0, 0.05) is 23.6 Å². The molecule has 1 atom stereocenters. The lowest BCUT2D eigenvalue weighted by atomic mass is 9.89. The van der Waals surface area contributed by atoms with Crippen LogP contribution in [0.15, 0.2) is 30.5 Å². The summed E-state index contributed by atoms with van der Waals surface area (Å²) in [5, 5.41) is 1.40. The van der Waals surface area contributed by atoms with Gasteiger partial charge in [0.2, 0.25) is 0 Å². The van der Waals surface area contributed by atoms with E-state index in [4.69, 9.17) is 9.47 Å². The average molecular weight is 300 g/mol. The number of nitrogens with one attached hydrogen (secondary N) is 1. The summed E-state index contributed by atoms with van der Waals surface area (Å²) in [4.78, 5) is 5.97. The molecule has 0 bridgehead atoms. The molecule has 0 spiro atoms. The van der Waals surface area contributed by atoms with Crippen molar-refractivity contribution < 1.29 is 9.47 Å². The normalized spacial score (nSPS) is 24.8. The number of aromatic amines is 1. The molecule has 2 saturated heterocycles. The first-order valence-corrected chi connectivity index (χ1v) is 8.38. The molecule has 4 heteroatoms. The van der Waals surface area contributed by atoms with E-state index in [9.17, 15) is 0 Å². The van der Waals surface area contributed by atoms with E-state index in [2.05, 4.69) is 40.3 Å². The number of hydrogen-bond acceptors (Lipinski definition) is 3. The molecule has 22 heavy (non-hydrogen) atoms. The lowest BCUT2D eigenvalue weighted by Crippen LogP contribution is -2.41. The van der Waals surface area contributed by atoms with Crippen molar-refractivity contribution in [3.05, 3.63) is 36.0 Å². The molecule has 1 N–H and O–H groups in total. The third-order valence-electron chi connectivity index (χ3n) is 5.08. The van der Waals surface area contributed by atoms with E-state index >= 15 is 0 Å². The second kappa shape index (κ2) is 6.41. The Balaban J connectivity index is 1.37. The Kier molecular flexibility index (Phi) is 4.15. The van der Waals surface area contributed by atoms with Gasteiger partial charge in [0.15, 0.2) is 0 Å². The molecule has 2 aromatic rings. The number of para-hydroxylation sites is 1. The number of fused-ring (bicyclic) bond motifs is 1. The van der Waals surface area contributed by atoms with Gasteiger partial charge in [0.25, 0.3) is 0 Å². The number of benzene rings is 1. The SMILES string of the molecule is c1ccc2c(C3CCN(C[C@H]4CCOCO4)CC3)c[nH]c2c1. The maximum Gasteiger partial charge on any atom is 0.147 e. The lowest BCUT2D eigenvalue weighted by Gasteiger charge is -2.35. The van der Waals surface area contributed by atoms with E-state index in [1.165, 1.54) is 42.4 Å². The molecular weight excluding hydrogens is 276 g/mol. The lowest BCUT2D eigenvalue weighted by molar-refractivity contribution is -0.145. The molecule has 118 valence electrons. The molecule has 2 aliphatic heterocycles. The number of ether oxygens (including phenoxy) is 2. The second-order valence-corrected chi connectivity index (χ2v) is 6.47. The summed E-state index contributed by atoms with van der Waals surface area (Å²) in [6, 6.07) is 8.64. The number of nitrogens with zero attached hydrogens (tertiary/aromatic N) is 1. The Morgan fingerprint density at radius 1 is 1.14 bits per heavy atom. The summed E-state index contributed by atoms with van der Waals surface area (Å²) in [6.45, 7) is 4.71. The fourth-order valence-electron chi connectivity index (χ4n) is 3.79. The van der Waals surface area contributed by atoms with Crippen molar-refractivity contribution in [2.75, 3.05) is 33.0 Å². The molecule has 1 aromatic heterocycles. The van der Waals surface area contributed by atoms with E-state index in [0.717, 1.165) is 19.6 Å². The summed E-state index contributed by atoms with van der Waals surface area (Å²) >= 11 is 0. The van der Waals surface area contributed by atoms with Crippen molar-refractivity contribution in [2.45, 2.75) is 31.3 Å². The molecule has 2 aliphatic rings. The maximum atomic E-state index is 5.67. The number of rotatable bonds is 3. The van der Waals surface area contributed by atoms with Crippen molar-refractivity contribution in [3.63, 3.8) is 0 Å². The van der Waals surface area contributed by atoms with E-state index in [-0.39, 0.29) is 0 Å². The first-order valence-electron chi connectivity index (χ1n) is 8.38. The van der Waals surface area contributed by atoms with Gasteiger partial charge < -0.3 is 19.4 Å². The van der Waals surface area contributed by atoms with Crippen molar-refractivity contribution in [2.24, 2.45) is 0 Å². The molecule has 1 aromatic carbocycles. The van der Waals surface area contributed by atoms with Crippen molar-refractivity contribution in [1.29, 1.82) is 0 Å². The van der Waals surface area contributed by atoms with Crippen LogP contribution in [-0.2, 0) is 9.47 Å². The fourth-order valence-corrected chi connectivity index (χ4v) is 3.79. The topological polar surface area (TPSA) is 37.5 Å². The van der Waals surface area contributed by atoms with Crippen LogP contribution in [-0.4, -0.2) is 49.0 Å². The highest BCUT2D eigenvalue weighted by atomic mass is 16.7. The molecule has 0 saturated carbocycles. The molecule has 0 radical (unpaired) electrons. The monoisotopic (exact) mass is 300 g/mol. The standard InChI is InChI=1S/C18H24N2O2/c1-2-4-18-16(3-1)17(11-19-18)14-5-8-20(9-6-14)12-15-7-10-21-13-22-15/h1-4,11,14-15,19H,5-10,12-13H2/t15-/m1/s1. The van der Waals surface area contributed by atoms with Crippen LogP contribution in [0.25, 0.3) is 10.9 Å². The molecule has 4 rings (SSSR count). The summed E-state index contributed by atoms with van der Waals surface area (Å²) < 4.78 is 10.9. The highest BCUT2D eigenvalue weighted by Gasteiger charge is 2.25. The zero-order valence-electron chi connectivity index (χ0n) is 13.0. The Morgan fingerprint density at radius 3 is 2.82 bits per heavy atom. The van der Waals surface area contributed by atoms with Crippen LogP contribution in [0, 0.1) is 0 Å². The van der Waals surface area contributed by atoms with Crippen molar-refractivity contribution in [3.8, 4) is 0 Å². The van der Waals surface area contributed by atoms with E-state index in [1.807, 2.05) is 0 Å². The van der Waals surface area contributed by atoms with Crippen LogP contribution < -0.4 is 0 Å². The summed E-state index contributed by atoms with van der Waals surface area (Å²) in [7, 11) is 0. The number of aromatic nitrogens is 1. The van der Waals surface area contributed by atoms with Gasteiger partial charge in [-0.15, -0.1) is 0 Å². The van der Waals surface area contributed by atoms with E-state index in [0.29, 0.717) is 18.8 Å². The van der Waals surface area contributed by atoms with Gasteiger partial charge in [-0.05, 0) is 49.9 Å². The van der Waals surface area contributed by atoms with Gasteiger partial charge in [-0.2, -0.15) is 0 Å². The minimum atomic E-state index is 0.360. The van der Waals surface area contributed by atoms with Gasteiger partial charge in [0.1, 0.15) is 6.79 Å². The quantitative estimate of drug-likeness (QED) is 0.946. The second-order valence-electron chi connectivity index (χ2n) is 6.47. The Labute approximate surface area is 131 Å². The maximum absolute atomic E-state index is 5.67. The number of hydrogen-bond donors (Lipinski definition) is 1. The highest BCUT2D eigenvalue weighted by molar-refractivity contribution is 5.83. The third kappa shape index (κ3) is 2.91. The first-order chi connectivity index (χ1) is 10.9. The van der Waals surface area contributed by atoms with Gasteiger partial charge in [0.05, 0.1) is 12.7 Å². The molecule has 4 nitrogen and oxygen atoms in total. The third-order valence-corrected chi connectivity index (χ3v) is 5.08. The van der Waals surface area contributed by atoms with Crippen molar-refractivity contribution in [1.82, 2.24) is 9.88 Å². The van der Waals surface area contributed by atoms with E-state index in [1.54, 1.807) is 0 Å². The highest BCUT2D eigenvalue weighted by Crippen LogP contribution is 2.33. The molecule has 0 unspecified atom stereocenters. The largest absolute Gasteiger partial charge is 0.361 e. The molecule has 0 amide bonds. The minimum absolute atomic E-state index is 0.360. The van der Waals surface area contributed by atoms with Gasteiger partial charge in [-0.25, -0.2) is 0 Å². The van der Waals surface area contributed by atoms with Gasteiger partial charge >= 0.3 is 0 Å². The Morgan fingerprint density at radius 2 is 2.00 bits per heavy atom. The molecule has 3 heterocycles. The zero-order chi connectivity index (χ0) is 14.8. The smallest absolute Gasteiger partial charge is 0.147 e. The average Bonchev–Trinajstić information content (AvgIpc) is 3.01. The zero-order valence-corrected chi connectivity index (χ0v) is 13.0. The van der Waals surface area contributed by atoms with Crippen LogP contribution in [0.5, 0.6) is 0 Å². The molecular formula is C18H24N2O2. The van der Waals surface area contributed by atoms with Crippen LogP contribution in [0.1, 0.15) is 30.7 Å². The first kappa shape index (κ1) is 14.2. The van der Waals surface area contributed by atoms with Crippen LogP contribution >= 0.6 is 0 Å². The number of piperidine rings is 1. The summed E-state index contributed by atoms with van der Waals surface area (Å²) in [5.41, 5.74) is 2.76. The summed E-state index contributed by atoms with van der Waals surface area (Å²) in [6.07, 6.45) is 6.09. The number of likely N-dealkylation sites (tertiary alicyclic amines) is 1. The van der Waals surface area contributed by atoms with Crippen molar-refractivity contribution >= 4 is 10.9 Å². The minimum Gasteiger partial charge on any atom is -0.361 e. The van der Waals surface area contributed by atoms with Crippen LogP contribution in [0.2, 0.25) is 0 Å². The predicted octanol–water partition coefficient (Wildman–Crippen LogP) is 3.11. The fraction of sp³-hybridized carbons (Fsp3) is 0.556. The van der Waals surface area contributed by atoms with Gasteiger partial charge in [-0.3, -0.25) is 0 Å².